The zero-order valence-corrected chi connectivity index (χ0v) is 12.0. The van der Waals surface area contributed by atoms with E-state index in [1.54, 1.807) is 0 Å². The van der Waals surface area contributed by atoms with Gasteiger partial charge in [0.2, 0.25) is 0 Å². The molecule has 0 saturated carbocycles. The first-order valence-electron chi connectivity index (χ1n) is 6.67. The summed E-state index contributed by atoms with van der Waals surface area (Å²) in [5.41, 5.74) is 0. The number of rotatable bonds is 7. The van der Waals surface area contributed by atoms with Gasteiger partial charge in [-0.1, -0.05) is 0 Å². The molecule has 1 aromatic rings. The zero-order chi connectivity index (χ0) is 16.4. The van der Waals surface area contributed by atoms with Crippen molar-refractivity contribution in [3.05, 3.63) is 18.2 Å². The topological polar surface area (TPSA) is 72.8 Å². The summed E-state index contributed by atoms with van der Waals surface area (Å²) >= 11 is 0. The van der Waals surface area contributed by atoms with E-state index in [0.29, 0.717) is 12.8 Å². The second-order valence-corrected chi connectivity index (χ2v) is 4.37. The predicted octanol–water partition coefficient (Wildman–Crippen LogP) is 2.42. The Hall–Kier alpha value is -2.92. The summed E-state index contributed by atoms with van der Waals surface area (Å²) in [5.74, 6) is 3.71. The van der Waals surface area contributed by atoms with Gasteiger partial charge in [0.15, 0.2) is 0 Å². The van der Waals surface area contributed by atoms with Crippen LogP contribution in [0, 0.1) is 24.7 Å². The van der Waals surface area contributed by atoms with Crippen LogP contribution < -0.4 is 9.47 Å². The van der Waals surface area contributed by atoms with Crippen LogP contribution in [0.4, 0.5) is 0 Å². The maximum absolute atomic E-state index is 11.6. The Morgan fingerprint density at radius 2 is 1.50 bits per heavy atom. The van der Waals surface area contributed by atoms with Crippen molar-refractivity contribution < 1.29 is 24.2 Å². The maximum atomic E-state index is 11.6. The number of unbranched alkanes of at least 4 members (excludes halogenated alkanes) is 1. The number of carbonyl (C=O) groups is 2. The number of carbonyl (C=O) groups excluding carboxylic acids is 2. The number of hydrogen-bond donors (Lipinski definition) is 1. The average Bonchev–Trinajstić information content (AvgIpc) is 2.44. The van der Waals surface area contributed by atoms with Gasteiger partial charge >= 0.3 is 11.9 Å². The van der Waals surface area contributed by atoms with Crippen LogP contribution in [-0.4, -0.2) is 17.0 Å². The molecule has 0 saturated heterocycles. The van der Waals surface area contributed by atoms with Gasteiger partial charge in [0, 0.05) is 37.5 Å². The van der Waals surface area contributed by atoms with E-state index in [9.17, 15) is 14.7 Å². The second-order valence-electron chi connectivity index (χ2n) is 4.37. The lowest BCUT2D eigenvalue weighted by molar-refractivity contribution is -0.134. The molecule has 0 bridgehead atoms. The van der Waals surface area contributed by atoms with Crippen LogP contribution in [-0.2, 0) is 9.59 Å². The number of aromatic hydroxyl groups is 1. The average molecular weight is 300 g/mol. The number of benzene rings is 1. The van der Waals surface area contributed by atoms with Gasteiger partial charge in [0.25, 0.3) is 0 Å². The van der Waals surface area contributed by atoms with Crippen molar-refractivity contribution in [3.63, 3.8) is 0 Å². The smallest absolute Gasteiger partial charge is 0.312 e. The number of esters is 2. The first-order valence-corrected chi connectivity index (χ1v) is 6.67. The van der Waals surface area contributed by atoms with Gasteiger partial charge in [0.05, 0.1) is 6.42 Å². The third-order valence-electron chi connectivity index (χ3n) is 2.50. The molecule has 0 heterocycles. The van der Waals surface area contributed by atoms with Crippen LogP contribution in [0.5, 0.6) is 17.2 Å². The van der Waals surface area contributed by atoms with Crippen molar-refractivity contribution in [2.45, 2.75) is 32.1 Å². The van der Waals surface area contributed by atoms with Crippen molar-refractivity contribution in [3.8, 4) is 41.9 Å². The third-order valence-corrected chi connectivity index (χ3v) is 2.50. The number of ether oxygens (including phenoxy) is 2. The molecule has 0 radical (unpaired) electrons. The van der Waals surface area contributed by atoms with Crippen molar-refractivity contribution >= 4 is 11.9 Å². The molecule has 0 spiro atoms. The van der Waals surface area contributed by atoms with E-state index in [4.69, 9.17) is 22.3 Å². The summed E-state index contributed by atoms with van der Waals surface area (Å²) < 4.78 is 10.1. The lowest BCUT2D eigenvalue weighted by atomic mass is 10.2. The fraction of sp³-hybridized carbons (Fsp3) is 0.294. The van der Waals surface area contributed by atoms with Gasteiger partial charge in [-0.25, -0.2) is 0 Å². The highest BCUT2D eigenvalue weighted by Gasteiger charge is 2.10. The second kappa shape index (κ2) is 9.10. The molecule has 1 aromatic carbocycles. The molecule has 0 unspecified atom stereocenters. The lowest BCUT2D eigenvalue weighted by Gasteiger charge is -2.08. The largest absolute Gasteiger partial charge is 0.508 e. The molecule has 0 fully saturated rings. The number of terminal acetylenes is 2. The molecule has 1 N–H and O–H groups in total. The Kier molecular flexibility index (Phi) is 7.08. The van der Waals surface area contributed by atoms with E-state index in [-0.39, 0.29) is 36.5 Å². The van der Waals surface area contributed by atoms with Crippen LogP contribution in [0.2, 0.25) is 0 Å². The highest BCUT2D eigenvalue weighted by molar-refractivity contribution is 5.74. The number of phenols is 1. The maximum Gasteiger partial charge on any atom is 0.312 e. The fourth-order valence-electron chi connectivity index (χ4n) is 1.55. The van der Waals surface area contributed by atoms with Crippen LogP contribution >= 0.6 is 0 Å². The van der Waals surface area contributed by atoms with Gasteiger partial charge in [-0.05, 0) is 6.42 Å². The summed E-state index contributed by atoms with van der Waals surface area (Å²) in [5, 5.41) is 9.57. The molecule has 0 atom stereocenters. The minimum absolute atomic E-state index is 0.0629. The van der Waals surface area contributed by atoms with Gasteiger partial charge < -0.3 is 14.6 Å². The van der Waals surface area contributed by atoms with Crippen LogP contribution in [0.1, 0.15) is 32.1 Å². The summed E-state index contributed by atoms with van der Waals surface area (Å²) in [7, 11) is 0. The monoisotopic (exact) mass is 300 g/mol. The van der Waals surface area contributed by atoms with E-state index in [2.05, 4.69) is 11.8 Å². The molecular formula is C17H16O5. The van der Waals surface area contributed by atoms with E-state index >= 15 is 0 Å². The molecule has 0 aliphatic heterocycles. The Morgan fingerprint density at radius 3 is 2.05 bits per heavy atom. The van der Waals surface area contributed by atoms with Crippen molar-refractivity contribution in [2.24, 2.45) is 0 Å². The van der Waals surface area contributed by atoms with E-state index in [0.717, 1.165) is 0 Å². The number of hydrogen-bond acceptors (Lipinski definition) is 5. The Morgan fingerprint density at radius 1 is 0.955 bits per heavy atom. The molecule has 5 heteroatoms. The lowest BCUT2D eigenvalue weighted by Crippen LogP contribution is -2.09. The molecule has 0 aliphatic rings. The van der Waals surface area contributed by atoms with E-state index in [1.807, 2.05) is 0 Å². The minimum Gasteiger partial charge on any atom is -0.508 e. The standard InChI is InChI=1S/C17H16O5/c1-3-5-7-9-17(20)22-15-11-13(18)10-14(12-15)21-16(19)8-6-4-2/h1-2,10-12,18H,5-9H2. The summed E-state index contributed by atoms with van der Waals surface area (Å²) in [6.45, 7) is 0. The molecule has 5 nitrogen and oxygen atoms in total. The first-order chi connectivity index (χ1) is 10.5. The summed E-state index contributed by atoms with van der Waals surface area (Å²) in [4.78, 5) is 23.0. The van der Waals surface area contributed by atoms with Crippen LogP contribution in [0.3, 0.4) is 0 Å². The highest BCUT2D eigenvalue weighted by Crippen LogP contribution is 2.27. The molecule has 0 aromatic heterocycles. The van der Waals surface area contributed by atoms with Crippen molar-refractivity contribution in [1.29, 1.82) is 0 Å². The van der Waals surface area contributed by atoms with Crippen molar-refractivity contribution in [2.75, 3.05) is 0 Å². The number of phenolic OH excluding ortho intramolecular Hbond substituents is 1. The SMILES string of the molecule is C#CCCCC(=O)Oc1cc(O)cc(OC(=O)CCC#C)c1. The third kappa shape index (κ3) is 6.49. The highest BCUT2D eigenvalue weighted by atomic mass is 16.5. The van der Waals surface area contributed by atoms with Gasteiger partial charge in [0.1, 0.15) is 17.2 Å². The predicted molar refractivity (Wildman–Crippen MR) is 80.1 cm³/mol. The zero-order valence-electron chi connectivity index (χ0n) is 12.0. The normalized spacial score (nSPS) is 9.36. The molecule has 1 rings (SSSR count). The van der Waals surface area contributed by atoms with E-state index in [1.165, 1.54) is 18.2 Å². The fourth-order valence-corrected chi connectivity index (χ4v) is 1.55. The quantitative estimate of drug-likeness (QED) is 0.362. The Bertz CT molecular complexity index is 619. The van der Waals surface area contributed by atoms with Crippen LogP contribution in [0.15, 0.2) is 18.2 Å². The van der Waals surface area contributed by atoms with E-state index < -0.39 is 11.9 Å². The summed E-state index contributed by atoms with van der Waals surface area (Å²) in [6.07, 6.45) is 11.6. The van der Waals surface area contributed by atoms with Crippen molar-refractivity contribution in [1.82, 2.24) is 0 Å². The molecule has 0 aliphatic carbocycles. The van der Waals surface area contributed by atoms with Gasteiger partial charge in [-0.15, -0.1) is 24.7 Å². The molecular weight excluding hydrogens is 284 g/mol. The molecule has 0 amide bonds. The van der Waals surface area contributed by atoms with Crippen LogP contribution in [0.25, 0.3) is 0 Å². The molecule has 114 valence electrons. The molecule has 22 heavy (non-hydrogen) atoms. The first kappa shape index (κ1) is 17.1. The van der Waals surface area contributed by atoms with Gasteiger partial charge in [-0.3, -0.25) is 9.59 Å². The summed E-state index contributed by atoms with van der Waals surface area (Å²) in [6, 6.07) is 3.83. The Labute approximate surface area is 129 Å². The van der Waals surface area contributed by atoms with Gasteiger partial charge in [-0.2, -0.15) is 0 Å². The minimum atomic E-state index is -0.533. The Balaban J connectivity index is 2.66.